The lowest BCUT2D eigenvalue weighted by Gasteiger charge is -2.24. The summed E-state index contributed by atoms with van der Waals surface area (Å²) < 4.78 is 12.9. The number of hydrogen-bond donors (Lipinski definition) is 1. The maximum Gasteiger partial charge on any atom is 0.234 e. The zero-order valence-electron chi connectivity index (χ0n) is 11.4. The van der Waals surface area contributed by atoms with Crippen LogP contribution >= 0.6 is 0 Å². The quantitative estimate of drug-likeness (QED) is 0.886. The van der Waals surface area contributed by atoms with Gasteiger partial charge in [0.1, 0.15) is 5.82 Å². The van der Waals surface area contributed by atoms with Crippen molar-refractivity contribution in [3.05, 3.63) is 35.6 Å². The molecule has 1 aromatic rings. The summed E-state index contributed by atoms with van der Waals surface area (Å²) in [6, 6.07) is 6.87. The van der Waals surface area contributed by atoms with Gasteiger partial charge in [0.05, 0.1) is 6.54 Å². The Kier molecular flexibility index (Phi) is 4.91. The first-order chi connectivity index (χ1) is 9.20. The van der Waals surface area contributed by atoms with Crippen LogP contribution in [0.3, 0.4) is 0 Å². The molecule has 1 fully saturated rings. The summed E-state index contributed by atoms with van der Waals surface area (Å²) in [6.07, 6.45) is 3.07. The molecule has 104 valence electrons. The number of likely N-dealkylation sites (tertiary alicyclic amines) is 1. The molecule has 1 heterocycles. The first-order valence-electron chi connectivity index (χ1n) is 6.97. The topological polar surface area (TPSA) is 32.3 Å². The van der Waals surface area contributed by atoms with E-state index in [4.69, 9.17) is 0 Å². The molecule has 1 atom stereocenters. The Bertz CT molecular complexity index is 419. The highest BCUT2D eigenvalue weighted by Crippen LogP contribution is 2.31. The zero-order valence-corrected chi connectivity index (χ0v) is 11.4. The summed E-state index contributed by atoms with van der Waals surface area (Å²) in [7, 11) is 0. The van der Waals surface area contributed by atoms with Crippen molar-refractivity contribution in [1.29, 1.82) is 0 Å². The molecule has 1 amide bonds. The van der Waals surface area contributed by atoms with Crippen LogP contribution in [-0.4, -0.2) is 30.4 Å². The van der Waals surface area contributed by atoms with Crippen LogP contribution in [0.15, 0.2) is 24.3 Å². The van der Waals surface area contributed by atoms with E-state index >= 15 is 0 Å². The SMILES string of the molecule is CCCNC(=O)CN1CCCC1c1ccc(F)cc1. The van der Waals surface area contributed by atoms with Crippen molar-refractivity contribution >= 4 is 5.91 Å². The van der Waals surface area contributed by atoms with Crippen LogP contribution < -0.4 is 5.32 Å². The minimum atomic E-state index is -0.214. The van der Waals surface area contributed by atoms with Crippen LogP contribution in [0.5, 0.6) is 0 Å². The van der Waals surface area contributed by atoms with E-state index in [0.29, 0.717) is 6.54 Å². The molecule has 1 aromatic carbocycles. The highest BCUT2D eigenvalue weighted by Gasteiger charge is 2.27. The summed E-state index contributed by atoms with van der Waals surface area (Å²) >= 11 is 0. The summed E-state index contributed by atoms with van der Waals surface area (Å²) in [5, 5.41) is 2.90. The van der Waals surface area contributed by atoms with Crippen LogP contribution in [-0.2, 0) is 4.79 Å². The van der Waals surface area contributed by atoms with Crippen LogP contribution in [0.25, 0.3) is 0 Å². The summed E-state index contributed by atoms with van der Waals surface area (Å²) in [4.78, 5) is 14.0. The number of amides is 1. The molecule has 0 radical (unpaired) electrons. The van der Waals surface area contributed by atoms with Crippen molar-refractivity contribution in [2.45, 2.75) is 32.2 Å². The third kappa shape index (κ3) is 3.77. The van der Waals surface area contributed by atoms with E-state index in [2.05, 4.69) is 10.2 Å². The number of rotatable bonds is 5. The number of carbonyl (C=O) groups is 1. The van der Waals surface area contributed by atoms with Gasteiger partial charge in [0.15, 0.2) is 0 Å². The highest BCUT2D eigenvalue weighted by molar-refractivity contribution is 5.78. The first kappa shape index (κ1) is 14.0. The normalized spacial score (nSPS) is 19.6. The Labute approximate surface area is 113 Å². The molecule has 1 aliphatic heterocycles. The summed E-state index contributed by atoms with van der Waals surface area (Å²) in [5.74, 6) is -0.134. The molecule has 0 saturated carbocycles. The number of carbonyl (C=O) groups excluding carboxylic acids is 1. The Balaban J connectivity index is 1.96. The molecule has 3 nitrogen and oxygen atoms in total. The second kappa shape index (κ2) is 6.66. The minimum absolute atomic E-state index is 0.0795. The third-order valence-electron chi connectivity index (χ3n) is 3.54. The smallest absolute Gasteiger partial charge is 0.234 e. The average Bonchev–Trinajstić information content (AvgIpc) is 2.85. The Hall–Kier alpha value is -1.42. The molecule has 2 rings (SSSR count). The number of halogens is 1. The molecular weight excluding hydrogens is 243 g/mol. The number of hydrogen-bond acceptors (Lipinski definition) is 2. The first-order valence-corrected chi connectivity index (χ1v) is 6.97. The van der Waals surface area contributed by atoms with Gasteiger partial charge < -0.3 is 5.32 Å². The predicted molar refractivity (Wildman–Crippen MR) is 73.2 cm³/mol. The van der Waals surface area contributed by atoms with E-state index in [-0.39, 0.29) is 17.8 Å². The molecular formula is C15H21FN2O. The monoisotopic (exact) mass is 264 g/mol. The number of nitrogens with one attached hydrogen (secondary N) is 1. The molecule has 1 N–H and O–H groups in total. The zero-order chi connectivity index (χ0) is 13.7. The standard InChI is InChI=1S/C15H21FN2O/c1-2-9-17-15(19)11-18-10-3-4-14(18)12-5-7-13(16)8-6-12/h5-8,14H,2-4,9-11H2,1H3,(H,17,19). The van der Waals surface area contributed by atoms with Crippen LogP contribution in [0.4, 0.5) is 4.39 Å². The molecule has 1 unspecified atom stereocenters. The summed E-state index contributed by atoms with van der Waals surface area (Å²) in [5.41, 5.74) is 1.10. The predicted octanol–water partition coefficient (Wildman–Crippen LogP) is 2.49. The fraction of sp³-hybridized carbons (Fsp3) is 0.533. The Morgan fingerprint density at radius 3 is 2.84 bits per heavy atom. The lowest BCUT2D eigenvalue weighted by molar-refractivity contribution is -0.122. The molecule has 19 heavy (non-hydrogen) atoms. The van der Waals surface area contributed by atoms with Crippen molar-refractivity contribution in [3.8, 4) is 0 Å². The van der Waals surface area contributed by atoms with Crippen molar-refractivity contribution in [3.63, 3.8) is 0 Å². The van der Waals surface area contributed by atoms with E-state index in [9.17, 15) is 9.18 Å². The van der Waals surface area contributed by atoms with Gasteiger partial charge in [-0.3, -0.25) is 9.69 Å². The molecule has 0 aromatic heterocycles. The molecule has 1 saturated heterocycles. The second-order valence-electron chi connectivity index (χ2n) is 5.03. The van der Waals surface area contributed by atoms with Gasteiger partial charge in [-0.25, -0.2) is 4.39 Å². The lowest BCUT2D eigenvalue weighted by atomic mass is 10.0. The summed E-state index contributed by atoms with van der Waals surface area (Å²) in [6.45, 7) is 4.13. The van der Waals surface area contributed by atoms with Gasteiger partial charge in [0, 0.05) is 12.6 Å². The number of benzene rings is 1. The number of nitrogens with zero attached hydrogens (tertiary/aromatic N) is 1. The Morgan fingerprint density at radius 1 is 1.42 bits per heavy atom. The van der Waals surface area contributed by atoms with Gasteiger partial charge in [-0.2, -0.15) is 0 Å². The van der Waals surface area contributed by atoms with Crippen molar-refractivity contribution < 1.29 is 9.18 Å². The molecule has 0 bridgehead atoms. The highest BCUT2D eigenvalue weighted by atomic mass is 19.1. The average molecular weight is 264 g/mol. The maximum absolute atomic E-state index is 12.9. The van der Waals surface area contributed by atoms with E-state index in [0.717, 1.165) is 37.9 Å². The molecule has 0 aliphatic carbocycles. The second-order valence-corrected chi connectivity index (χ2v) is 5.03. The van der Waals surface area contributed by atoms with Gasteiger partial charge in [-0.05, 0) is 43.5 Å². The van der Waals surface area contributed by atoms with Gasteiger partial charge in [-0.15, -0.1) is 0 Å². The van der Waals surface area contributed by atoms with Gasteiger partial charge in [0.25, 0.3) is 0 Å². The molecule has 1 aliphatic rings. The van der Waals surface area contributed by atoms with Crippen LogP contribution in [0.1, 0.15) is 37.8 Å². The van der Waals surface area contributed by atoms with E-state index in [1.165, 1.54) is 12.1 Å². The minimum Gasteiger partial charge on any atom is -0.355 e. The van der Waals surface area contributed by atoms with Crippen molar-refractivity contribution in [2.24, 2.45) is 0 Å². The van der Waals surface area contributed by atoms with Gasteiger partial charge in [0.2, 0.25) is 5.91 Å². The van der Waals surface area contributed by atoms with Crippen LogP contribution in [0.2, 0.25) is 0 Å². The fourth-order valence-electron chi connectivity index (χ4n) is 2.58. The van der Waals surface area contributed by atoms with Gasteiger partial charge >= 0.3 is 0 Å². The van der Waals surface area contributed by atoms with Crippen LogP contribution in [0, 0.1) is 5.82 Å². The molecule has 0 spiro atoms. The molecule has 4 heteroatoms. The lowest BCUT2D eigenvalue weighted by Crippen LogP contribution is -2.37. The van der Waals surface area contributed by atoms with E-state index < -0.39 is 0 Å². The largest absolute Gasteiger partial charge is 0.355 e. The van der Waals surface area contributed by atoms with Gasteiger partial charge in [-0.1, -0.05) is 19.1 Å². The Morgan fingerprint density at radius 2 is 2.16 bits per heavy atom. The van der Waals surface area contributed by atoms with Crippen molar-refractivity contribution in [1.82, 2.24) is 10.2 Å². The third-order valence-corrected chi connectivity index (χ3v) is 3.54. The van der Waals surface area contributed by atoms with E-state index in [1.807, 2.05) is 19.1 Å². The maximum atomic E-state index is 12.9. The van der Waals surface area contributed by atoms with E-state index in [1.54, 1.807) is 0 Å². The fourth-order valence-corrected chi connectivity index (χ4v) is 2.58. The van der Waals surface area contributed by atoms with Crippen molar-refractivity contribution in [2.75, 3.05) is 19.6 Å².